The summed E-state index contributed by atoms with van der Waals surface area (Å²) in [7, 11) is 0. The molecule has 0 aliphatic rings. The number of aryl methyl sites for hydroxylation is 1. The lowest BCUT2D eigenvalue weighted by molar-refractivity contribution is -0.143. The number of anilines is 1. The molecule has 9 heteroatoms. The summed E-state index contributed by atoms with van der Waals surface area (Å²) >= 11 is 8.06. The number of ether oxygens (including phenoxy) is 1. The first-order valence-electron chi connectivity index (χ1n) is 14.6. The summed E-state index contributed by atoms with van der Waals surface area (Å²) in [5.74, 6) is 2.83. The molecule has 2 N–H and O–H groups in total. The normalized spacial score (nSPS) is 13.4. The molecule has 3 atom stereocenters. The zero-order chi connectivity index (χ0) is 32.3. The van der Waals surface area contributed by atoms with Crippen molar-refractivity contribution in [1.82, 2.24) is 10.2 Å². The number of halogens is 1. The molecule has 2 aromatic rings. The quantitative estimate of drug-likeness (QED) is 0.223. The number of carbonyl (C=O) groups excluding carboxylic acids is 3. The molecule has 0 aliphatic heterocycles. The maximum Gasteiger partial charge on any atom is 0.408 e. The highest BCUT2D eigenvalue weighted by molar-refractivity contribution is 7.98. The molecule has 0 spiro atoms. The van der Waals surface area contributed by atoms with Crippen LogP contribution in [0.15, 0.2) is 42.5 Å². The molecule has 0 aromatic heterocycles. The smallest absolute Gasteiger partial charge is 0.408 e. The number of hydrogen-bond donors (Lipinski definition) is 2. The van der Waals surface area contributed by atoms with Crippen molar-refractivity contribution in [2.45, 2.75) is 91.5 Å². The van der Waals surface area contributed by atoms with E-state index in [-0.39, 0.29) is 11.9 Å². The van der Waals surface area contributed by atoms with Crippen LogP contribution in [-0.2, 0) is 14.3 Å². The van der Waals surface area contributed by atoms with E-state index in [0.717, 1.165) is 12.0 Å². The van der Waals surface area contributed by atoms with Crippen LogP contribution < -0.4 is 10.6 Å². The molecule has 43 heavy (non-hydrogen) atoms. The van der Waals surface area contributed by atoms with Gasteiger partial charge in [0.25, 0.3) is 5.91 Å². The number of nitrogens with zero attached hydrogens (tertiary/aromatic N) is 1. The van der Waals surface area contributed by atoms with Gasteiger partial charge < -0.3 is 20.3 Å². The third-order valence-corrected chi connectivity index (χ3v) is 7.86. The lowest BCUT2D eigenvalue weighted by atomic mass is 9.94. The summed E-state index contributed by atoms with van der Waals surface area (Å²) in [6.45, 7) is 13.3. The van der Waals surface area contributed by atoms with Gasteiger partial charge in [-0.3, -0.25) is 9.59 Å². The van der Waals surface area contributed by atoms with E-state index in [4.69, 9.17) is 22.8 Å². The number of thioether (sulfide) groups is 1. The van der Waals surface area contributed by atoms with Crippen molar-refractivity contribution in [3.8, 4) is 12.3 Å². The highest BCUT2D eigenvalue weighted by Crippen LogP contribution is 2.33. The molecule has 2 aromatic carbocycles. The van der Waals surface area contributed by atoms with Gasteiger partial charge in [0.15, 0.2) is 0 Å². The first-order valence-corrected chi connectivity index (χ1v) is 16.4. The Morgan fingerprint density at radius 3 is 2.30 bits per heavy atom. The van der Waals surface area contributed by atoms with E-state index in [0.29, 0.717) is 46.3 Å². The Labute approximate surface area is 266 Å². The molecule has 0 radical (unpaired) electrons. The number of rotatable bonds is 13. The lowest BCUT2D eigenvalue weighted by Gasteiger charge is -2.39. The Hall–Kier alpha value is -3.15. The van der Waals surface area contributed by atoms with Crippen LogP contribution in [0.4, 0.5) is 10.5 Å². The fourth-order valence-corrected chi connectivity index (χ4v) is 5.44. The average Bonchev–Trinajstić information content (AvgIpc) is 2.93. The number of carbonyl (C=O) groups is 3. The van der Waals surface area contributed by atoms with E-state index >= 15 is 0 Å². The predicted molar refractivity (Wildman–Crippen MR) is 178 cm³/mol. The Bertz CT molecular complexity index is 1280. The predicted octanol–water partition coefficient (Wildman–Crippen LogP) is 7.61. The standard InChI is InChI=1S/C34H46ClN3O4S/c1-10-25-15-11-12-16-26(25)30(31(39)37-29-23(4)14-13-17-27(29)35)38(24(5)19-18-22(2)3)32(40)28(20-21-43-9)36-33(41)42-34(6,7)8/h1,11-17,22,24,28,30H,18-21H2,2-9H3,(H,36,41)(H,37,39). The van der Waals surface area contributed by atoms with Crippen LogP contribution >= 0.6 is 23.4 Å². The van der Waals surface area contributed by atoms with Crippen LogP contribution in [0.3, 0.4) is 0 Å². The minimum Gasteiger partial charge on any atom is -0.444 e. The van der Waals surface area contributed by atoms with Gasteiger partial charge in [0.05, 0.1) is 10.7 Å². The van der Waals surface area contributed by atoms with Gasteiger partial charge in [-0.2, -0.15) is 11.8 Å². The maximum atomic E-state index is 14.6. The van der Waals surface area contributed by atoms with E-state index in [1.165, 1.54) is 0 Å². The molecular formula is C34H46ClN3O4S. The van der Waals surface area contributed by atoms with Gasteiger partial charge in [-0.25, -0.2) is 4.79 Å². The first-order chi connectivity index (χ1) is 20.2. The van der Waals surface area contributed by atoms with E-state index in [2.05, 4.69) is 30.4 Å². The Kier molecular flexibility index (Phi) is 13.9. The summed E-state index contributed by atoms with van der Waals surface area (Å²) in [5.41, 5.74) is 1.50. The summed E-state index contributed by atoms with van der Waals surface area (Å²) in [6, 6.07) is 10.1. The van der Waals surface area contributed by atoms with Crippen LogP contribution in [-0.4, -0.2) is 52.5 Å². The van der Waals surface area contributed by atoms with Crippen molar-refractivity contribution in [2.24, 2.45) is 5.92 Å². The molecule has 3 amide bonds. The minimum atomic E-state index is -1.10. The third kappa shape index (κ3) is 10.8. The van der Waals surface area contributed by atoms with Gasteiger partial charge in [-0.15, -0.1) is 6.42 Å². The molecule has 0 saturated carbocycles. The molecule has 0 saturated heterocycles. The van der Waals surface area contributed by atoms with Gasteiger partial charge in [-0.05, 0) is 95.1 Å². The fourth-order valence-electron chi connectivity index (χ4n) is 4.70. The van der Waals surface area contributed by atoms with E-state index in [1.54, 1.807) is 73.8 Å². The third-order valence-electron chi connectivity index (χ3n) is 6.90. The van der Waals surface area contributed by atoms with Crippen LogP contribution in [0.1, 0.15) is 83.5 Å². The summed E-state index contributed by atoms with van der Waals surface area (Å²) in [5, 5.41) is 6.16. The monoisotopic (exact) mass is 627 g/mol. The Morgan fingerprint density at radius 2 is 1.72 bits per heavy atom. The molecule has 3 unspecified atom stereocenters. The number of terminal acetylenes is 1. The average molecular weight is 628 g/mol. The van der Waals surface area contributed by atoms with Crippen LogP contribution in [0.5, 0.6) is 0 Å². The second-order valence-electron chi connectivity index (χ2n) is 12.1. The summed E-state index contributed by atoms with van der Waals surface area (Å²) in [4.78, 5) is 43.5. The molecule has 7 nitrogen and oxygen atoms in total. The zero-order valence-electron chi connectivity index (χ0n) is 26.6. The second kappa shape index (κ2) is 16.6. The number of nitrogens with one attached hydrogen (secondary N) is 2. The Morgan fingerprint density at radius 1 is 1.05 bits per heavy atom. The number of amides is 3. The largest absolute Gasteiger partial charge is 0.444 e. The van der Waals surface area contributed by atoms with Gasteiger partial charge in [-0.1, -0.05) is 61.7 Å². The van der Waals surface area contributed by atoms with Crippen LogP contribution in [0, 0.1) is 25.2 Å². The van der Waals surface area contributed by atoms with E-state index in [1.807, 2.05) is 26.2 Å². The first kappa shape index (κ1) is 36.0. The van der Waals surface area contributed by atoms with Gasteiger partial charge in [0.2, 0.25) is 5.91 Å². The fraction of sp³-hybridized carbons (Fsp3) is 0.500. The molecular weight excluding hydrogens is 582 g/mol. The topological polar surface area (TPSA) is 87.7 Å². The van der Waals surface area contributed by atoms with Crippen molar-refractivity contribution in [3.05, 3.63) is 64.2 Å². The number of alkyl carbamates (subject to hydrolysis) is 1. The molecule has 0 fully saturated rings. The highest BCUT2D eigenvalue weighted by atomic mass is 35.5. The molecule has 0 aliphatic carbocycles. The summed E-state index contributed by atoms with van der Waals surface area (Å²) in [6.07, 6.45) is 8.96. The van der Waals surface area contributed by atoms with E-state index < -0.39 is 29.7 Å². The van der Waals surface area contributed by atoms with Crippen molar-refractivity contribution in [3.63, 3.8) is 0 Å². The van der Waals surface area contributed by atoms with Crippen molar-refractivity contribution < 1.29 is 19.1 Å². The molecule has 0 heterocycles. The number of para-hydroxylation sites is 1. The number of hydrogen-bond acceptors (Lipinski definition) is 5. The Balaban J connectivity index is 2.72. The molecule has 2 rings (SSSR count). The van der Waals surface area contributed by atoms with Crippen LogP contribution in [0.25, 0.3) is 0 Å². The maximum absolute atomic E-state index is 14.6. The van der Waals surface area contributed by atoms with Crippen molar-refractivity contribution >= 4 is 47.0 Å². The zero-order valence-corrected chi connectivity index (χ0v) is 28.2. The van der Waals surface area contributed by atoms with Crippen molar-refractivity contribution in [2.75, 3.05) is 17.3 Å². The van der Waals surface area contributed by atoms with Crippen LogP contribution in [0.2, 0.25) is 5.02 Å². The van der Waals surface area contributed by atoms with Gasteiger partial charge in [0, 0.05) is 11.6 Å². The SMILES string of the molecule is C#Cc1ccccc1C(C(=O)Nc1c(C)cccc1Cl)N(C(=O)C(CCSC)NC(=O)OC(C)(C)C)C(C)CCC(C)C. The lowest BCUT2D eigenvalue weighted by Crippen LogP contribution is -2.55. The second-order valence-corrected chi connectivity index (χ2v) is 13.5. The minimum absolute atomic E-state index is 0.349. The molecule has 234 valence electrons. The van der Waals surface area contributed by atoms with Gasteiger partial charge >= 0.3 is 6.09 Å². The number of benzene rings is 2. The molecule has 0 bridgehead atoms. The van der Waals surface area contributed by atoms with Crippen molar-refractivity contribution in [1.29, 1.82) is 0 Å². The highest BCUT2D eigenvalue weighted by Gasteiger charge is 2.39. The summed E-state index contributed by atoms with van der Waals surface area (Å²) < 4.78 is 5.50. The van der Waals surface area contributed by atoms with E-state index in [9.17, 15) is 14.4 Å². The van der Waals surface area contributed by atoms with Gasteiger partial charge in [0.1, 0.15) is 17.7 Å².